The van der Waals surface area contributed by atoms with Crippen LogP contribution in [0, 0.1) is 26.7 Å². The molecule has 0 bridgehead atoms. The van der Waals surface area contributed by atoms with Gasteiger partial charge in [-0.3, -0.25) is 4.90 Å². The highest BCUT2D eigenvalue weighted by Crippen LogP contribution is 2.29. The highest BCUT2D eigenvalue weighted by Gasteiger charge is 2.25. The smallest absolute Gasteiger partial charge is 0.252 e. The Morgan fingerprint density at radius 2 is 1.68 bits per heavy atom. The molecule has 0 unspecified atom stereocenters. The Kier molecular flexibility index (Phi) is 6.56. The van der Waals surface area contributed by atoms with E-state index in [4.69, 9.17) is 9.72 Å². The van der Waals surface area contributed by atoms with Crippen molar-refractivity contribution in [1.82, 2.24) is 34.4 Å². The summed E-state index contributed by atoms with van der Waals surface area (Å²) in [6.07, 6.45) is 6.07. The largest absolute Gasteiger partial charge is 0.379 e. The summed E-state index contributed by atoms with van der Waals surface area (Å²) in [6.45, 7) is 12.5. The molecule has 0 aliphatic carbocycles. The zero-order chi connectivity index (χ0) is 25.4. The number of hydrogen-bond acceptors (Lipinski definition) is 8. The molecule has 6 rings (SSSR count). The quantitative estimate of drug-likeness (QED) is 0.400. The van der Waals surface area contributed by atoms with Crippen molar-refractivity contribution in [2.45, 2.75) is 40.2 Å². The van der Waals surface area contributed by atoms with Crippen LogP contribution in [0.2, 0.25) is 0 Å². The number of aryl methyl sites for hydroxylation is 3. The monoisotopic (exact) mass is 498 g/mol. The van der Waals surface area contributed by atoms with E-state index in [2.05, 4.69) is 68.0 Å². The van der Waals surface area contributed by atoms with Crippen molar-refractivity contribution in [2.24, 2.45) is 5.92 Å². The standard InChI is InChI=1S/C28H34N8O/c1-19-26(20(2)36-28(31-19)32-21(3)33-36)14-22-8-9-35(17-22)25-6-4-23(5-7-25)24-15-29-27(30-16-24)18-34-10-12-37-13-11-34/h4-7,15-16,22H,8-14,17-18H2,1-3H3/t22-/m0/s1. The fourth-order valence-electron chi connectivity index (χ4n) is 5.54. The molecule has 3 aromatic heterocycles. The van der Waals surface area contributed by atoms with E-state index >= 15 is 0 Å². The van der Waals surface area contributed by atoms with Gasteiger partial charge >= 0.3 is 0 Å². The molecular weight excluding hydrogens is 464 g/mol. The number of nitrogens with zero attached hydrogens (tertiary/aromatic N) is 8. The maximum absolute atomic E-state index is 5.42. The van der Waals surface area contributed by atoms with Gasteiger partial charge in [-0.1, -0.05) is 12.1 Å². The zero-order valence-electron chi connectivity index (χ0n) is 21.9. The van der Waals surface area contributed by atoms with E-state index < -0.39 is 0 Å². The Balaban J connectivity index is 1.09. The highest BCUT2D eigenvalue weighted by atomic mass is 16.5. The Bertz CT molecular complexity index is 1380. The average molecular weight is 499 g/mol. The van der Waals surface area contributed by atoms with Gasteiger partial charge in [0.25, 0.3) is 5.78 Å². The molecule has 0 N–H and O–H groups in total. The predicted molar refractivity (Wildman–Crippen MR) is 143 cm³/mol. The van der Waals surface area contributed by atoms with Crippen LogP contribution in [0.3, 0.4) is 0 Å². The van der Waals surface area contributed by atoms with Gasteiger partial charge in [0, 0.05) is 61.2 Å². The summed E-state index contributed by atoms with van der Waals surface area (Å²) in [7, 11) is 0. The average Bonchev–Trinajstić information content (AvgIpc) is 3.54. The second-order valence-corrected chi connectivity index (χ2v) is 10.3. The summed E-state index contributed by atoms with van der Waals surface area (Å²) >= 11 is 0. The predicted octanol–water partition coefficient (Wildman–Crippen LogP) is 3.41. The van der Waals surface area contributed by atoms with Crippen molar-refractivity contribution < 1.29 is 4.74 Å². The molecular formula is C28H34N8O. The van der Waals surface area contributed by atoms with E-state index in [-0.39, 0.29) is 0 Å². The molecule has 37 heavy (non-hydrogen) atoms. The molecule has 4 aromatic rings. The molecule has 0 spiro atoms. The van der Waals surface area contributed by atoms with Crippen LogP contribution in [0.25, 0.3) is 16.9 Å². The molecule has 2 aliphatic heterocycles. The normalized spacial score (nSPS) is 18.7. The fourth-order valence-corrected chi connectivity index (χ4v) is 5.54. The molecule has 1 aromatic carbocycles. The van der Waals surface area contributed by atoms with Crippen molar-refractivity contribution in [3.63, 3.8) is 0 Å². The minimum absolute atomic E-state index is 0.591. The van der Waals surface area contributed by atoms with Crippen LogP contribution in [0.5, 0.6) is 0 Å². The van der Waals surface area contributed by atoms with Gasteiger partial charge in [0.05, 0.1) is 19.8 Å². The first-order chi connectivity index (χ1) is 18.0. The van der Waals surface area contributed by atoms with Crippen molar-refractivity contribution in [3.05, 3.63) is 65.3 Å². The topological polar surface area (TPSA) is 84.6 Å². The number of hydrogen-bond donors (Lipinski definition) is 0. The summed E-state index contributed by atoms with van der Waals surface area (Å²) in [5, 5.41) is 4.53. The lowest BCUT2D eigenvalue weighted by Crippen LogP contribution is -2.36. The van der Waals surface area contributed by atoms with Crippen molar-refractivity contribution in [3.8, 4) is 11.1 Å². The Morgan fingerprint density at radius 3 is 2.43 bits per heavy atom. The molecule has 9 heteroatoms. The van der Waals surface area contributed by atoms with Crippen LogP contribution in [-0.2, 0) is 17.7 Å². The molecule has 2 saturated heterocycles. The summed E-state index contributed by atoms with van der Waals surface area (Å²) in [5.41, 5.74) is 6.99. The van der Waals surface area contributed by atoms with Gasteiger partial charge in [-0.05, 0) is 62.8 Å². The fraction of sp³-hybridized carbons (Fsp3) is 0.464. The Labute approximate surface area is 217 Å². The summed E-state index contributed by atoms with van der Waals surface area (Å²) in [6, 6.07) is 8.81. The van der Waals surface area contributed by atoms with Gasteiger partial charge in [-0.15, -0.1) is 0 Å². The van der Waals surface area contributed by atoms with E-state index in [9.17, 15) is 0 Å². The Morgan fingerprint density at radius 1 is 0.919 bits per heavy atom. The third kappa shape index (κ3) is 5.06. The maximum Gasteiger partial charge on any atom is 0.252 e. The highest BCUT2D eigenvalue weighted by molar-refractivity contribution is 5.65. The van der Waals surface area contributed by atoms with Gasteiger partial charge in [-0.2, -0.15) is 10.1 Å². The van der Waals surface area contributed by atoms with Gasteiger partial charge in [0.2, 0.25) is 0 Å². The van der Waals surface area contributed by atoms with Crippen LogP contribution in [0.15, 0.2) is 36.7 Å². The third-order valence-corrected chi connectivity index (χ3v) is 7.67. The van der Waals surface area contributed by atoms with Gasteiger partial charge in [0.1, 0.15) is 11.6 Å². The van der Waals surface area contributed by atoms with E-state index in [1.54, 1.807) is 0 Å². The SMILES string of the molecule is Cc1nc2nc(C)c(C[C@@H]3CCN(c4ccc(-c5cnc(CN6CCOCC6)nc5)cc4)C3)c(C)n2n1. The number of anilines is 1. The van der Waals surface area contributed by atoms with Gasteiger partial charge in [-0.25, -0.2) is 19.5 Å². The van der Waals surface area contributed by atoms with E-state index in [1.807, 2.05) is 23.8 Å². The maximum atomic E-state index is 5.42. The first kappa shape index (κ1) is 23.9. The van der Waals surface area contributed by atoms with Crippen LogP contribution in [-0.4, -0.2) is 73.8 Å². The molecule has 0 amide bonds. The lowest BCUT2D eigenvalue weighted by atomic mass is 9.96. The molecule has 1 atom stereocenters. The van der Waals surface area contributed by atoms with E-state index in [0.717, 1.165) is 86.5 Å². The third-order valence-electron chi connectivity index (χ3n) is 7.67. The summed E-state index contributed by atoms with van der Waals surface area (Å²) in [4.78, 5) is 23.2. The van der Waals surface area contributed by atoms with Crippen LogP contribution in [0.1, 0.15) is 35.0 Å². The first-order valence-electron chi connectivity index (χ1n) is 13.2. The molecule has 9 nitrogen and oxygen atoms in total. The van der Waals surface area contributed by atoms with Gasteiger partial charge < -0.3 is 9.64 Å². The Hall–Kier alpha value is -3.43. The lowest BCUT2D eigenvalue weighted by Gasteiger charge is -2.25. The second-order valence-electron chi connectivity index (χ2n) is 10.3. The number of benzene rings is 1. The minimum atomic E-state index is 0.591. The number of ether oxygens (including phenoxy) is 1. The molecule has 2 fully saturated rings. The van der Waals surface area contributed by atoms with Crippen molar-refractivity contribution in [1.29, 1.82) is 0 Å². The van der Waals surface area contributed by atoms with Gasteiger partial charge in [0.15, 0.2) is 0 Å². The first-order valence-corrected chi connectivity index (χ1v) is 13.2. The molecule has 192 valence electrons. The molecule has 5 heterocycles. The van der Waals surface area contributed by atoms with E-state index in [1.165, 1.54) is 17.7 Å². The van der Waals surface area contributed by atoms with Crippen LogP contribution in [0.4, 0.5) is 5.69 Å². The van der Waals surface area contributed by atoms with Crippen LogP contribution >= 0.6 is 0 Å². The van der Waals surface area contributed by atoms with E-state index in [0.29, 0.717) is 11.7 Å². The number of rotatable bonds is 6. The molecule has 0 saturated carbocycles. The summed E-state index contributed by atoms with van der Waals surface area (Å²) in [5.74, 6) is 2.91. The zero-order valence-corrected chi connectivity index (χ0v) is 21.9. The molecule has 2 aliphatic rings. The van der Waals surface area contributed by atoms with Crippen LogP contribution < -0.4 is 4.90 Å². The number of fused-ring (bicyclic) bond motifs is 1. The summed E-state index contributed by atoms with van der Waals surface area (Å²) < 4.78 is 7.31. The molecule has 0 radical (unpaired) electrons. The second kappa shape index (κ2) is 10.1. The van der Waals surface area contributed by atoms with Crippen molar-refractivity contribution in [2.75, 3.05) is 44.3 Å². The number of aromatic nitrogens is 6. The number of morpholine rings is 1. The lowest BCUT2D eigenvalue weighted by molar-refractivity contribution is 0.0330. The van der Waals surface area contributed by atoms with Crippen molar-refractivity contribution >= 4 is 11.5 Å². The minimum Gasteiger partial charge on any atom is -0.379 e.